The third kappa shape index (κ3) is 4.74. The summed E-state index contributed by atoms with van der Waals surface area (Å²) in [5, 5.41) is 2.18. The van der Waals surface area contributed by atoms with E-state index in [1.165, 1.54) is 7.11 Å². The van der Waals surface area contributed by atoms with E-state index >= 15 is 0 Å². The fourth-order valence-electron chi connectivity index (χ4n) is 1.06. The Labute approximate surface area is 109 Å². The van der Waals surface area contributed by atoms with Crippen molar-refractivity contribution in [1.29, 1.82) is 0 Å². The van der Waals surface area contributed by atoms with Gasteiger partial charge in [0.2, 0.25) is 17.7 Å². The number of carbonyl (C=O) groups excluding carboxylic acids is 2. The number of aromatic nitrogens is 3. The van der Waals surface area contributed by atoms with Crippen LogP contribution in [-0.2, 0) is 9.47 Å². The maximum atomic E-state index is 11.6. The molecule has 1 aromatic heterocycles. The molecule has 0 saturated heterocycles. The van der Waals surface area contributed by atoms with Gasteiger partial charge in [-0.25, -0.2) is 9.59 Å². The van der Waals surface area contributed by atoms with Crippen LogP contribution < -0.4 is 11.1 Å². The van der Waals surface area contributed by atoms with Gasteiger partial charge in [0, 0.05) is 0 Å². The number of carbonyl (C=O) groups is 2. The highest BCUT2D eigenvalue weighted by molar-refractivity contribution is 5.87. The van der Waals surface area contributed by atoms with Crippen LogP contribution in [-0.4, -0.2) is 40.7 Å². The summed E-state index contributed by atoms with van der Waals surface area (Å²) in [6.07, 6.45) is 0.845. The largest absolute Gasteiger partial charge is 0.460 e. The summed E-state index contributed by atoms with van der Waals surface area (Å²) >= 11 is 0. The van der Waals surface area contributed by atoms with Gasteiger partial charge in [0.15, 0.2) is 0 Å². The van der Waals surface area contributed by atoms with Crippen molar-refractivity contribution in [3.8, 4) is 0 Å². The molecular formula is C10H15N5O4. The summed E-state index contributed by atoms with van der Waals surface area (Å²) in [5.41, 5.74) is 5.41. The van der Waals surface area contributed by atoms with Crippen LogP contribution in [0.4, 0.5) is 16.7 Å². The topological polar surface area (TPSA) is 129 Å². The van der Waals surface area contributed by atoms with Gasteiger partial charge in [-0.05, 0) is 6.42 Å². The zero-order chi connectivity index (χ0) is 14.3. The second-order valence-corrected chi connectivity index (χ2v) is 3.45. The van der Waals surface area contributed by atoms with Crippen molar-refractivity contribution in [2.24, 2.45) is 0 Å². The average Bonchev–Trinajstić information content (AvgIpc) is 2.38. The lowest BCUT2D eigenvalue weighted by atomic mass is 10.4. The van der Waals surface area contributed by atoms with Crippen LogP contribution in [0.5, 0.6) is 0 Å². The number of esters is 1. The molecule has 19 heavy (non-hydrogen) atoms. The highest BCUT2D eigenvalue weighted by Gasteiger charge is 2.15. The van der Waals surface area contributed by atoms with E-state index < -0.39 is 12.1 Å². The van der Waals surface area contributed by atoms with Crippen molar-refractivity contribution in [3.63, 3.8) is 0 Å². The van der Waals surface area contributed by atoms with E-state index in [-0.39, 0.29) is 24.3 Å². The Morgan fingerprint density at radius 1 is 1.32 bits per heavy atom. The second-order valence-electron chi connectivity index (χ2n) is 3.45. The van der Waals surface area contributed by atoms with Crippen molar-refractivity contribution in [2.75, 3.05) is 24.8 Å². The molecule has 0 aromatic carbocycles. The van der Waals surface area contributed by atoms with Crippen LogP contribution >= 0.6 is 0 Å². The first-order valence-corrected chi connectivity index (χ1v) is 5.60. The van der Waals surface area contributed by atoms with Crippen molar-refractivity contribution < 1.29 is 19.1 Å². The van der Waals surface area contributed by atoms with Gasteiger partial charge in [0.05, 0.1) is 13.7 Å². The number of hydrogen-bond donors (Lipinski definition) is 2. The number of amides is 1. The maximum absolute atomic E-state index is 11.6. The fourth-order valence-corrected chi connectivity index (χ4v) is 1.06. The zero-order valence-corrected chi connectivity index (χ0v) is 10.7. The van der Waals surface area contributed by atoms with Gasteiger partial charge < -0.3 is 15.2 Å². The summed E-state index contributed by atoms with van der Waals surface area (Å²) in [7, 11) is 1.18. The first-order chi connectivity index (χ1) is 9.06. The Hall–Kier alpha value is -2.45. The van der Waals surface area contributed by atoms with Gasteiger partial charge >= 0.3 is 12.1 Å². The molecule has 0 unspecified atom stereocenters. The van der Waals surface area contributed by atoms with Crippen LogP contribution in [0.15, 0.2) is 0 Å². The summed E-state index contributed by atoms with van der Waals surface area (Å²) in [6.45, 7) is 2.23. The van der Waals surface area contributed by atoms with Gasteiger partial charge in [-0.15, -0.1) is 0 Å². The molecule has 104 valence electrons. The molecule has 9 heteroatoms. The van der Waals surface area contributed by atoms with Gasteiger partial charge in [0.1, 0.15) is 0 Å². The molecule has 0 atom stereocenters. The van der Waals surface area contributed by atoms with E-state index in [4.69, 9.17) is 10.5 Å². The van der Waals surface area contributed by atoms with Crippen molar-refractivity contribution in [2.45, 2.75) is 19.8 Å². The van der Waals surface area contributed by atoms with Crippen LogP contribution in [0.25, 0.3) is 0 Å². The van der Waals surface area contributed by atoms with Gasteiger partial charge in [-0.3, -0.25) is 5.32 Å². The van der Waals surface area contributed by atoms with Crippen LogP contribution in [0.3, 0.4) is 0 Å². The number of nitrogens with one attached hydrogen (secondary N) is 1. The minimum absolute atomic E-state index is 0.179. The third-order valence-electron chi connectivity index (χ3n) is 1.97. The molecule has 1 aromatic rings. The molecule has 1 amide bonds. The second kappa shape index (κ2) is 7.09. The molecule has 0 aliphatic rings. The normalized spacial score (nSPS) is 9.79. The number of hydrogen-bond acceptors (Lipinski definition) is 8. The van der Waals surface area contributed by atoms with E-state index in [1.54, 1.807) is 0 Å². The summed E-state index contributed by atoms with van der Waals surface area (Å²) in [4.78, 5) is 33.6. The van der Waals surface area contributed by atoms with E-state index in [0.717, 1.165) is 12.8 Å². The highest BCUT2D eigenvalue weighted by atomic mass is 16.5. The van der Waals surface area contributed by atoms with E-state index in [1.807, 2.05) is 6.92 Å². The zero-order valence-electron chi connectivity index (χ0n) is 10.7. The number of unbranched alkanes of at least 4 members (excludes halogenated alkanes) is 1. The predicted octanol–water partition coefficient (Wildman–Crippen LogP) is 0.589. The maximum Gasteiger partial charge on any atom is 0.413 e. The standard InChI is InChI=1S/C10H15N5O4/c1-3-4-5-19-7(16)6-12-8(11)14-9(13-6)15-10(17)18-2/h3-5H2,1-2H3,(H3,11,12,13,14,15,17). The van der Waals surface area contributed by atoms with Crippen LogP contribution in [0.1, 0.15) is 30.4 Å². The van der Waals surface area contributed by atoms with Crippen LogP contribution in [0.2, 0.25) is 0 Å². The van der Waals surface area contributed by atoms with E-state index in [2.05, 4.69) is 25.0 Å². The minimum Gasteiger partial charge on any atom is -0.460 e. The number of rotatable bonds is 5. The lowest BCUT2D eigenvalue weighted by Crippen LogP contribution is -2.18. The van der Waals surface area contributed by atoms with Crippen molar-refractivity contribution in [3.05, 3.63) is 5.82 Å². The number of nitrogens with two attached hydrogens (primary N) is 1. The number of anilines is 2. The Morgan fingerprint density at radius 3 is 2.68 bits per heavy atom. The van der Waals surface area contributed by atoms with Gasteiger partial charge in [-0.2, -0.15) is 15.0 Å². The van der Waals surface area contributed by atoms with Crippen molar-refractivity contribution in [1.82, 2.24) is 15.0 Å². The number of ether oxygens (including phenoxy) is 2. The quantitative estimate of drug-likeness (QED) is 0.586. The molecule has 3 N–H and O–H groups in total. The average molecular weight is 269 g/mol. The SMILES string of the molecule is CCCCOC(=O)c1nc(N)nc(NC(=O)OC)n1. The first-order valence-electron chi connectivity index (χ1n) is 5.60. The lowest BCUT2D eigenvalue weighted by Gasteiger charge is -2.05. The Morgan fingerprint density at radius 2 is 2.05 bits per heavy atom. The molecule has 1 heterocycles. The predicted molar refractivity (Wildman–Crippen MR) is 65.5 cm³/mol. The summed E-state index contributed by atoms with van der Waals surface area (Å²) < 4.78 is 9.28. The molecule has 0 aliphatic carbocycles. The first kappa shape index (κ1) is 14.6. The van der Waals surface area contributed by atoms with E-state index in [9.17, 15) is 9.59 Å². The molecule has 9 nitrogen and oxygen atoms in total. The molecular weight excluding hydrogens is 254 g/mol. The summed E-state index contributed by atoms with van der Waals surface area (Å²) in [5.74, 6) is -1.38. The van der Waals surface area contributed by atoms with E-state index in [0.29, 0.717) is 0 Å². The summed E-state index contributed by atoms with van der Waals surface area (Å²) in [6, 6.07) is 0. The van der Waals surface area contributed by atoms with Gasteiger partial charge in [-0.1, -0.05) is 13.3 Å². The minimum atomic E-state index is -0.782. The Balaban J connectivity index is 2.78. The van der Waals surface area contributed by atoms with Crippen LogP contribution in [0, 0.1) is 0 Å². The van der Waals surface area contributed by atoms with Gasteiger partial charge in [0.25, 0.3) is 0 Å². The smallest absolute Gasteiger partial charge is 0.413 e. The number of nitrogen functional groups attached to an aromatic ring is 1. The number of nitrogens with zero attached hydrogens (tertiary/aromatic N) is 3. The Kier molecular flexibility index (Phi) is 5.45. The Bertz CT molecular complexity index is 465. The monoisotopic (exact) mass is 269 g/mol. The lowest BCUT2D eigenvalue weighted by molar-refractivity contribution is 0.0485. The third-order valence-corrected chi connectivity index (χ3v) is 1.97. The molecule has 0 radical (unpaired) electrons. The molecule has 1 rings (SSSR count). The molecule has 0 saturated carbocycles. The highest BCUT2D eigenvalue weighted by Crippen LogP contribution is 2.05. The number of methoxy groups -OCH3 is 1. The molecule has 0 aliphatic heterocycles. The van der Waals surface area contributed by atoms with Crippen molar-refractivity contribution >= 4 is 24.0 Å². The molecule has 0 bridgehead atoms. The fraction of sp³-hybridized carbons (Fsp3) is 0.500. The molecule has 0 spiro atoms. The molecule has 0 fully saturated rings.